The number of aliphatic carboxylic acids is 1. The molecule has 0 aromatic carbocycles. The topological polar surface area (TPSA) is 46.5 Å². The summed E-state index contributed by atoms with van der Waals surface area (Å²) in [5.74, 6) is -0.239. The molecule has 0 saturated carbocycles. The minimum absolute atomic E-state index is 0.222. The van der Waals surface area contributed by atoms with Gasteiger partial charge in [0.2, 0.25) is 0 Å². The van der Waals surface area contributed by atoms with Gasteiger partial charge in [-0.3, -0.25) is 0 Å². The van der Waals surface area contributed by atoms with Crippen LogP contribution in [-0.4, -0.2) is 23.4 Å². The summed E-state index contributed by atoms with van der Waals surface area (Å²) in [6.45, 7) is 0.222. The van der Waals surface area contributed by atoms with Crippen molar-refractivity contribution in [3.05, 3.63) is 11.6 Å². The lowest BCUT2D eigenvalue weighted by molar-refractivity contribution is -0.133. The normalized spacial score (nSPS) is 18.9. The van der Waals surface area contributed by atoms with Crippen molar-refractivity contribution in [1.29, 1.82) is 0 Å². The molecule has 4 heteroatoms. The monoisotopic (exact) mass is 146 g/mol. The van der Waals surface area contributed by atoms with Crippen LogP contribution in [0, 0.1) is 0 Å². The third-order valence-electron chi connectivity index (χ3n) is 0.970. The molecule has 1 aliphatic heterocycles. The highest BCUT2D eigenvalue weighted by Crippen LogP contribution is 2.13. The summed E-state index contributed by atoms with van der Waals surface area (Å²) >= 11 is 1.28. The van der Waals surface area contributed by atoms with E-state index in [-0.39, 0.29) is 6.61 Å². The first kappa shape index (κ1) is 6.64. The number of carboxylic acids is 1. The van der Waals surface area contributed by atoms with Gasteiger partial charge in [0.1, 0.15) is 0 Å². The van der Waals surface area contributed by atoms with Crippen LogP contribution < -0.4 is 0 Å². The molecule has 0 aromatic rings. The molecule has 0 aliphatic carbocycles. The van der Waals surface area contributed by atoms with Gasteiger partial charge in [-0.05, 0) is 12.0 Å². The zero-order valence-corrected chi connectivity index (χ0v) is 5.48. The van der Waals surface area contributed by atoms with Crippen molar-refractivity contribution in [3.8, 4) is 0 Å². The van der Waals surface area contributed by atoms with E-state index < -0.39 is 5.97 Å². The molecule has 0 atom stereocenters. The van der Waals surface area contributed by atoms with Crippen LogP contribution in [0.3, 0.4) is 0 Å². The van der Waals surface area contributed by atoms with E-state index in [9.17, 15) is 4.79 Å². The molecule has 1 aliphatic rings. The highest BCUT2D eigenvalue weighted by molar-refractivity contribution is 7.94. The standard InChI is InChI=1S/C5H6O3S/c6-5(7)4-1-2-9-8-3-4/h1H,2-3H2,(H,6,7). The Morgan fingerprint density at radius 1 is 1.89 bits per heavy atom. The van der Waals surface area contributed by atoms with Crippen molar-refractivity contribution in [3.63, 3.8) is 0 Å². The molecular weight excluding hydrogens is 140 g/mol. The molecule has 9 heavy (non-hydrogen) atoms. The predicted molar refractivity (Wildman–Crippen MR) is 34.1 cm³/mol. The molecule has 0 bridgehead atoms. The fourth-order valence-electron chi connectivity index (χ4n) is 0.496. The van der Waals surface area contributed by atoms with Gasteiger partial charge in [0, 0.05) is 5.75 Å². The van der Waals surface area contributed by atoms with Crippen LogP contribution in [0.5, 0.6) is 0 Å². The van der Waals surface area contributed by atoms with E-state index >= 15 is 0 Å². The molecule has 0 fully saturated rings. The highest BCUT2D eigenvalue weighted by Gasteiger charge is 2.10. The molecule has 50 valence electrons. The Bertz CT molecular complexity index is 152. The summed E-state index contributed by atoms with van der Waals surface area (Å²) < 4.78 is 4.81. The molecule has 1 N–H and O–H groups in total. The van der Waals surface area contributed by atoms with Crippen molar-refractivity contribution in [2.45, 2.75) is 0 Å². The fraction of sp³-hybridized carbons (Fsp3) is 0.400. The van der Waals surface area contributed by atoms with Gasteiger partial charge >= 0.3 is 5.97 Å². The Morgan fingerprint density at radius 2 is 2.67 bits per heavy atom. The smallest absolute Gasteiger partial charge is 0.333 e. The third-order valence-corrected chi connectivity index (χ3v) is 1.56. The van der Waals surface area contributed by atoms with E-state index in [1.807, 2.05) is 0 Å². The van der Waals surface area contributed by atoms with Crippen LogP contribution in [0.1, 0.15) is 0 Å². The lowest BCUT2D eigenvalue weighted by atomic mass is 10.3. The van der Waals surface area contributed by atoms with Gasteiger partial charge in [0.25, 0.3) is 0 Å². The first-order valence-electron chi connectivity index (χ1n) is 2.47. The second-order valence-electron chi connectivity index (χ2n) is 1.58. The number of carboxylic acid groups (broad SMARTS) is 1. The van der Waals surface area contributed by atoms with Crippen LogP contribution in [0.25, 0.3) is 0 Å². The molecule has 0 unspecified atom stereocenters. The Balaban J connectivity index is 2.57. The maximum Gasteiger partial charge on any atom is 0.333 e. The van der Waals surface area contributed by atoms with E-state index in [0.717, 1.165) is 0 Å². The number of hydrogen-bond donors (Lipinski definition) is 1. The van der Waals surface area contributed by atoms with Crippen molar-refractivity contribution >= 4 is 18.0 Å². The lowest BCUT2D eigenvalue weighted by Crippen LogP contribution is -2.09. The van der Waals surface area contributed by atoms with Crippen molar-refractivity contribution < 1.29 is 14.1 Å². The first-order valence-corrected chi connectivity index (χ1v) is 3.38. The van der Waals surface area contributed by atoms with Crippen molar-refractivity contribution in [2.24, 2.45) is 0 Å². The fourth-order valence-corrected chi connectivity index (χ4v) is 1.07. The molecule has 0 spiro atoms. The van der Waals surface area contributed by atoms with Crippen LogP contribution in [0.2, 0.25) is 0 Å². The summed E-state index contributed by atoms with van der Waals surface area (Å²) in [6, 6.07) is 0. The SMILES string of the molecule is O=C(O)C1=CCSOC1. The molecule has 0 aromatic heterocycles. The van der Waals surface area contributed by atoms with Crippen LogP contribution in [-0.2, 0) is 8.98 Å². The molecule has 0 amide bonds. The van der Waals surface area contributed by atoms with Gasteiger partial charge in [-0.15, -0.1) is 0 Å². The van der Waals surface area contributed by atoms with Crippen molar-refractivity contribution in [2.75, 3.05) is 12.4 Å². The first-order chi connectivity index (χ1) is 4.30. The van der Waals surface area contributed by atoms with Gasteiger partial charge in [0.15, 0.2) is 0 Å². The molecule has 1 rings (SSSR count). The van der Waals surface area contributed by atoms with Gasteiger partial charge < -0.3 is 9.29 Å². The summed E-state index contributed by atoms with van der Waals surface area (Å²) in [5, 5.41) is 8.38. The summed E-state index contributed by atoms with van der Waals surface area (Å²) in [7, 11) is 0. The quantitative estimate of drug-likeness (QED) is 0.552. The predicted octanol–water partition coefficient (Wildman–Crippen LogP) is 0.676. The van der Waals surface area contributed by atoms with E-state index in [1.165, 1.54) is 12.0 Å². The second-order valence-corrected chi connectivity index (χ2v) is 2.39. The van der Waals surface area contributed by atoms with Crippen LogP contribution >= 0.6 is 12.0 Å². The van der Waals surface area contributed by atoms with Gasteiger partial charge in [-0.25, -0.2) is 4.79 Å². The summed E-state index contributed by atoms with van der Waals surface area (Å²) in [5.41, 5.74) is 0.355. The van der Waals surface area contributed by atoms with Crippen LogP contribution in [0.15, 0.2) is 11.6 Å². The van der Waals surface area contributed by atoms with Crippen LogP contribution in [0.4, 0.5) is 0 Å². The Hall–Kier alpha value is -0.480. The minimum Gasteiger partial charge on any atom is -0.478 e. The highest BCUT2D eigenvalue weighted by atomic mass is 32.2. The Morgan fingerprint density at radius 3 is 3.00 bits per heavy atom. The largest absolute Gasteiger partial charge is 0.478 e. The lowest BCUT2D eigenvalue weighted by Gasteiger charge is -2.06. The zero-order chi connectivity index (χ0) is 6.69. The minimum atomic E-state index is -0.879. The molecule has 1 heterocycles. The Kier molecular flexibility index (Phi) is 2.13. The zero-order valence-electron chi connectivity index (χ0n) is 4.66. The average Bonchev–Trinajstić information content (AvgIpc) is 1.90. The average molecular weight is 146 g/mol. The molecule has 0 saturated heterocycles. The number of hydrogen-bond acceptors (Lipinski definition) is 3. The second kappa shape index (κ2) is 2.89. The van der Waals surface area contributed by atoms with E-state index in [2.05, 4.69) is 0 Å². The molecular formula is C5H6O3S. The van der Waals surface area contributed by atoms with Gasteiger partial charge in [-0.2, -0.15) is 0 Å². The third kappa shape index (κ3) is 1.73. The Labute approximate surface area is 56.9 Å². The summed E-state index contributed by atoms with van der Waals surface area (Å²) in [6.07, 6.45) is 1.66. The maximum atomic E-state index is 10.2. The maximum absolute atomic E-state index is 10.2. The molecule has 0 radical (unpaired) electrons. The number of carbonyl (C=O) groups is 1. The van der Waals surface area contributed by atoms with E-state index in [0.29, 0.717) is 11.3 Å². The number of rotatable bonds is 1. The summed E-state index contributed by atoms with van der Waals surface area (Å²) in [4.78, 5) is 10.2. The van der Waals surface area contributed by atoms with E-state index in [4.69, 9.17) is 9.29 Å². The van der Waals surface area contributed by atoms with E-state index in [1.54, 1.807) is 6.08 Å². The van der Waals surface area contributed by atoms with Crippen molar-refractivity contribution in [1.82, 2.24) is 0 Å². The van der Waals surface area contributed by atoms with Gasteiger partial charge in [-0.1, -0.05) is 6.08 Å². The molecule has 3 nitrogen and oxygen atoms in total. The van der Waals surface area contributed by atoms with Gasteiger partial charge in [0.05, 0.1) is 12.2 Å².